The zero-order valence-electron chi connectivity index (χ0n) is 12.0. The van der Waals surface area contributed by atoms with E-state index in [4.69, 9.17) is 0 Å². The number of amides is 1. The summed E-state index contributed by atoms with van der Waals surface area (Å²) in [4.78, 5) is 14.1. The van der Waals surface area contributed by atoms with Crippen molar-refractivity contribution in [3.05, 3.63) is 29.8 Å². The molecule has 1 N–H and O–H groups in total. The van der Waals surface area contributed by atoms with E-state index in [1.54, 1.807) is 0 Å². The molecule has 0 aliphatic rings. The zero-order valence-corrected chi connectivity index (χ0v) is 12.0. The second-order valence-electron chi connectivity index (χ2n) is 5.07. The van der Waals surface area contributed by atoms with Gasteiger partial charge in [-0.1, -0.05) is 13.8 Å². The minimum absolute atomic E-state index is 0.00176. The van der Waals surface area contributed by atoms with Crippen molar-refractivity contribution in [2.24, 2.45) is 5.92 Å². The molecule has 1 atom stereocenters. The number of carbonyl (C=O) groups is 1. The molecule has 0 aliphatic heterocycles. The summed E-state index contributed by atoms with van der Waals surface area (Å²) >= 11 is 0. The Kier molecular flexibility index (Phi) is 5.20. The molecule has 0 bridgehead atoms. The molecule has 1 amide bonds. The van der Waals surface area contributed by atoms with Gasteiger partial charge in [0.2, 0.25) is 0 Å². The molecule has 0 saturated heterocycles. The van der Waals surface area contributed by atoms with E-state index in [0.717, 1.165) is 17.8 Å². The Bertz CT molecular complexity index is 384. The topological polar surface area (TPSA) is 32.3 Å². The fourth-order valence-electron chi connectivity index (χ4n) is 1.51. The van der Waals surface area contributed by atoms with Gasteiger partial charge in [-0.3, -0.25) is 4.79 Å². The highest BCUT2D eigenvalue weighted by Gasteiger charge is 2.12. The maximum absolute atomic E-state index is 12.0. The average molecular weight is 248 g/mol. The molecule has 1 rings (SSSR count). The van der Waals surface area contributed by atoms with Crippen molar-refractivity contribution in [2.45, 2.75) is 33.7 Å². The van der Waals surface area contributed by atoms with Crippen LogP contribution in [0.15, 0.2) is 24.3 Å². The van der Waals surface area contributed by atoms with Crippen molar-refractivity contribution < 1.29 is 4.79 Å². The van der Waals surface area contributed by atoms with Gasteiger partial charge in [-0.05, 0) is 44.0 Å². The third kappa shape index (κ3) is 3.76. The Morgan fingerprint density at radius 2 is 1.78 bits per heavy atom. The van der Waals surface area contributed by atoms with Crippen LogP contribution < -0.4 is 10.2 Å². The zero-order chi connectivity index (χ0) is 13.7. The SMILES string of the molecule is CCN(C)c1ccc(C(=O)NC(C)C(C)C)cc1. The van der Waals surface area contributed by atoms with Gasteiger partial charge in [0.1, 0.15) is 0 Å². The molecule has 0 heterocycles. The minimum Gasteiger partial charge on any atom is -0.375 e. The van der Waals surface area contributed by atoms with Gasteiger partial charge in [-0.2, -0.15) is 0 Å². The maximum Gasteiger partial charge on any atom is 0.251 e. The molecule has 1 aromatic carbocycles. The Morgan fingerprint density at radius 3 is 2.22 bits per heavy atom. The molecular weight excluding hydrogens is 224 g/mol. The first-order valence-electron chi connectivity index (χ1n) is 6.57. The number of hydrogen-bond acceptors (Lipinski definition) is 2. The number of nitrogens with zero attached hydrogens (tertiary/aromatic N) is 1. The predicted octanol–water partition coefficient (Wildman–Crippen LogP) is 2.92. The van der Waals surface area contributed by atoms with Gasteiger partial charge in [0.25, 0.3) is 5.91 Å². The van der Waals surface area contributed by atoms with Crippen LogP contribution >= 0.6 is 0 Å². The third-order valence-electron chi connectivity index (χ3n) is 3.40. The summed E-state index contributed by atoms with van der Waals surface area (Å²) in [5.41, 5.74) is 1.85. The third-order valence-corrected chi connectivity index (χ3v) is 3.40. The van der Waals surface area contributed by atoms with E-state index in [1.165, 1.54) is 0 Å². The predicted molar refractivity (Wildman–Crippen MR) is 77.2 cm³/mol. The molecule has 0 radical (unpaired) electrons. The van der Waals surface area contributed by atoms with Crippen molar-refractivity contribution in [1.82, 2.24) is 5.32 Å². The van der Waals surface area contributed by atoms with Gasteiger partial charge in [-0.25, -0.2) is 0 Å². The van der Waals surface area contributed by atoms with Crippen LogP contribution in [0.25, 0.3) is 0 Å². The van der Waals surface area contributed by atoms with E-state index in [-0.39, 0.29) is 11.9 Å². The molecule has 0 aromatic heterocycles. The van der Waals surface area contributed by atoms with E-state index in [1.807, 2.05) is 38.2 Å². The molecule has 3 heteroatoms. The summed E-state index contributed by atoms with van der Waals surface area (Å²) in [6.45, 7) is 9.29. The molecular formula is C15H24N2O. The summed E-state index contributed by atoms with van der Waals surface area (Å²) in [6.07, 6.45) is 0. The average Bonchev–Trinajstić information content (AvgIpc) is 2.37. The maximum atomic E-state index is 12.0. The largest absolute Gasteiger partial charge is 0.375 e. The van der Waals surface area contributed by atoms with Crippen molar-refractivity contribution in [2.75, 3.05) is 18.5 Å². The Labute approximate surface area is 110 Å². The van der Waals surface area contributed by atoms with Crippen LogP contribution in [0.4, 0.5) is 5.69 Å². The van der Waals surface area contributed by atoms with E-state index >= 15 is 0 Å². The Morgan fingerprint density at radius 1 is 1.22 bits per heavy atom. The first-order valence-corrected chi connectivity index (χ1v) is 6.57. The molecule has 0 aliphatic carbocycles. The summed E-state index contributed by atoms with van der Waals surface area (Å²) in [5.74, 6) is 0.446. The molecule has 0 fully saturated rings. The highest BCUT2D eigenvalue weighted by molar-refractivity contribution is 5.94. The number of nitrogens with one attached hydrogen (secondary N) is 1. The molecule has 1 unspecified atom stereocenters. The monoisotopic (exact) mass is 248 g/mol. The summed E-state index contributed by atoms with van der Waals surface area (Å²) in [6, 6.07) is 7.92. The fraction of sp³-hybridized carbons (Fsp3) is 0.533. The lowest BCUT2D eigenvalue weighted by Crippen LogP contribution is -2.36. The van der Waals surface area contributed by atoms with Crippen molar-refractivity contribution >= 4 is 11.6 Å². The number of anilines is 1. The van der Waals surface area contributed by atoms with E-state index in [2.05, 4.69) is 31.0 Å². The molecule has 0 spiro atoms. The summed E-state index contributed by atoms with van der Waals surface area (Å²) in [5, 5.41) is 3.01. The number of benzene rings is 1. The van der Waals surface area contributed by atoms with Gasteiger partial charge < -0.3 is 10.2 Å². The van der Waals surface area contributed by atoms with Gasteiger partial charge in [0.15, 0.2) is 0 Å². The second kappa shape index (κ2) is 6.43. The minimum atomic E-state index is 0.00176. The standard InChI is InChI=1S/C15H24N2O/c1-6-17(5)14-9-7-13(8-10-14)15(18)16-12(4)11(2)3/h7-12H,6H2,1-5H3,(H,16,18). The molecule has 18 heavy (non-hydrogen) atoms. The van der Waals surface area contributed by atoms with Crippen LogP contribution in [0, 0.1) is 5.92 Å². The highest BCUT2D eigenvalue weighted by Crippen LogP contribution is 2.13. The van der Waals surface area contributed by atoms with Crippen LogP contribution in [-0.2, 0) is 0 Å². The lowest BCUT2D eigenvalue weighted by atomic mass is 10.1. The smallest absolute Gasteiger partial charge is 0.251 e. The van der Waals surface area contributed by atoms with Crippen LogP contribution in [0.2, 0.25) is 0 Å². The van der Waals surface area contributed by atoms with Crippen molar-refractivity contribution in [1.29, 1.82) is 0 Å². The van der Waals surface area contributed by atoms with Crippen molar-refractivity contribution in [3.8, 4) is 0 Å². The Hall–Kier alpha value is -1.51. The summed E-state index contributed by atoms with van der Waals surface area (Å²) in [7, 11) is 2.04. The molecule has 0 saturated carbocycles. The highest BCUT2D eigenvalue weighted by atomic mass is 16.1. The molecule has 100 valence electrons. The normalized spacial score (nSPS) is 12.3. The van der Waals surface area contributed by atoms with Crippen LogP contribution in [0.1, 0.15) is 38.1 Å². The van der Waals surface area contributed by atoms with Crippen molar-refractivity contribution in [3.63, 3.8) is 0 Å². The van der Waals surface area contributed by atoms with Crippen LogP contribution in [0.3, 0.4) is 0 Å². The van der Waals surface area contributed by atoms with E-state index in [9.17, 15) is 4.79 Å². The van der Waals surface area contributed by atoms with Crippen LogP contribution in [0.5, 0.6) is 0 Å². The van der Waals surface area contributed by atoms with Crippen LogP contribution in [-0.4, -0.2) is 25.5 Å². The first-order chi connectivity index (χ1) is 8.45. The number of rotatable bonds is 5. The molecule has 1 aromatic rings. The van der Waals surface area contributed by atoms with E-state index < -0.39 is 0 Å². The van der Waals surface area contributed by atoms with Gasteiger partial charge in [0.05, 0.1) is 0 Å². The first kappa shape index (κ1) is 14.6. The Balaban J connectivity index is 2.70. The lowest BCUT2D eigenvalue weighted by molar-refractivity contribution is 0.0930. The number of carbonyl (C=O) groups excluding carboxylic acids is 1. The second-order valence-corrected chi connectivity index (χ2v) is 5.07. The summed E-state index contributed by atoms with van der Waals surface area (Å²) < 4.78 is 0. The molecule has 3 nitrogen and oxygen atoms in total. The quantitative estimate of drug-likeness (QED) is 0.869. The lowest BCUT2D eigenvalue weighted by Gasteiger charge is -2.19. The van der Waals surface area contributed by atoms with Gasteiger partial charge in [0, 0.05) is 30.9 Å². The van der Waals surface area contributed by atoms with Gasteiger partial charge in [-0.15, -0.1) is 0 Å². The van der Waals surface area contributed by atoms with Gasteiger partial charge >= 0.3 is 0 Å². The van der Waals surface area contributed by atoms with E-state index in [0.29, 0.717) is 5.92 Å². The fourth-order valence-corrected chi connectivity index (χ4v) is 1.51. The number of hydrogen-bond donors (Lipinski definition) is 1.